The molecule has 0 bridgehead atoms. The van der Waals surface area contributed by atoms with E-state index in [1.165, 1.54) is 24.3 Å². The summed E-state index contributed by atoms with van der Waals surface area (Å²) in [5.74, 6) is 4.28. The van der Waals surface area contributed by atoms with Crippen LogP contribution in [0.25, 0.3) is 5.65 Å². The zero-order valence-electron chi connectivity index (χ0n) is 25.9. The molecule has 48 heavy (non-hydrogen) atoms. The quantitative estimate of drug-likeness (QED) is 0.137. The molecule has 0 aliphatic carbocycles. The van der Waals surface area contributed by atoms with Gasteiger partial charge in [0, 0.05) is 62.9 Å². The van der Waals surface area contributed by atoms with E-state index in [4.69, 9.17) is 5.11 Å². The van der Waals surface area contributed by atoms with E-state index >= 15 is 4.39 Å². The zero-order valence-corrected chi connectivity index (χ0v) is 25.9. The summed E-state index contributed by atoms with van der Waals surface area (Å²) < 4.78 is 59.2. The summed E-state index contributed by atoms with van der Waals surface area (Å²) in [6, 6.07) is 9.75. The van der Waals surface area contributed by atoms with Crippen LogP contribution >= 0.6 is 0 Å². The molecular weight excluding hydrogens is 628 g/mol. The average Bonchev–Trinajstić information content (AvgIpc) is 3.72. The number of β-amino-alcohol motifs (C(OH)–C–C–N with tert-alkyl or cyclic N) is 1. The third-order valence-electron chi connectivity index (χ3n) is 8.15. The van der Waals surface area contributed by atoms with Gasteiger partial charge in [0.25, 0.3) is 5.91 Å². The minimum Gasteiger partial charge on any atom is -0.395 e. The fraction of sp³-hybridized carbons (Fsp3) is 0.265. The summed E-state index contributed by atoms with van der Waals surface area (Å²) in [5, 5.41) is 21.4. The number of carbonyl (C=O) groups excluding carboxylic acids is 1. The summed E-state index contributed by atoms with van der Waals surface area (Å²) in [5.41, 5.74) is 2.23. The molecule has 4 heterocycles. The van der Waals surface area contributed by atoms with Crippen molar-refractivity contribution in [2.45, 2.75) is 19.6 Å². The van der Waals surface area contributed by atoms with Gasteiger partial charge in [0.1, 0.15) is 11.5 Å². The van der Waals surface area contributed by atoms with E-state index in [1.54, 1.807) is 36.1 Å². The number of alkyl halides is 3. The number of aromatic nitrogens is 4. The number of fused-ring (bicyclic) bond motifs is 1. The Kier molecular flexibility index (Phi) is 9.44. The predicted octanol–water partition coefficient (Wildman–Crippen LogP) is 5.03. The van der Waals surface area contributed by atoms with Gasteiger partial charge >= 0.3 is 6.18 Å². The second kappa shape index (κ2) is 13.9. The molecule has 1 aliphatic heterocycles. The summed E-state index contributed by atoms with van der Waals surface area (Å²) >= 11 is 0. The van der Waals surface area contributed by atoms with Gasteiger partial charge in [-0.1, -0.05) is 12.0 Å². The highest BCUT2D eigenvalue weighted by atomic mass is 19.4. The molecule has 5 aromatic rings. The number of halogens is 4. The number of rotatable bonds is 8. The standard InChI is InChI=1S/C34H32F4N8O2/c1-22-15-30(35)28(16-23(22)5-7-27-20-39-32-31(3-2-8-46(27)32)42-26-18-40-41-19-26)33(48)43-25-6-4-24(29(17-25)34(36,37)38)21-45-11-9-44(10-12-45)13-14-47/h2-4,6,8,15-20,42,47H,9-14,21H2,1H3,(H,40,41)(H,43,48). The van der Waals surface area contributed by atoms with Crippen LogP contribution in [0.2, 0.25) is 0 Å². The maximum atomic E-state index is 15.0. The van der Waals surface area contributed by atoms with Gasteiger partial charge in [-0.3, -0.25) is 24.1 Å². The third-order valence-corrected chi connectivity index (χ3v) is 8.15. The lowest BCUT2D eigenvalue weighted by Gasteiger charge is -2.34. The smallest absolute Gasteiger partial charge is 0.395 e. The number of aliphatic hydroxyl groups is 1. The van der Waals surface area contributed by atoms with E-state index < -0.39 is 23.5 Å². The number of benzene rings is 2. The predicted molar refractivity (Wildman–Crippen MR) is 172 cm³/mol. The molecule has 3 aromatic heterocycles. The SMILES string of the molecule is Cc1cc(F)c(C(=O)Nc2ccc(CN3CCN(CCO)CC3)c(C(F)(F)F)c2)cc1C#Cc1cnc2c(Nc3cn[nH]c3)cccn12. The first kappa shape index (κ1) is 32.7. The van der Waals surface area contributed by atoms with E-state index in [0.717, 1.165) is 17.4 Å². The van der Waals surface area contributed by atoms with Crippen LogP contribution < -0.4 is 10.6 Å². The Balaban J connectivity index is 1.20. The molecule has 6 rings (SSSR count). The van der Waals surface area contributed by atoms with Gasteiger partial charge in [0.15, 0.2) is 5.65 Å². The fourth-order valence-electron chi connectivity index (χ4n) is 5.60. The lowest BCUT2D eigenvalue weighted by Crippen LogP contribution is -2.46. The Morgan fingerprint density at radius 1 is 1.04 bits per heavy atom. The minimum atomic E-state index is -4.67. The van der Waals surface area contributed by atoms with Crippen LogP contribution in [0, 0.1) is 24.6 Å². The molecule has 10 nitrogen and oxygen atoms in total. The third kappa shape index (κ3) is 7.33. The van der Waals surface area contributed by atoms with Crippen molar-refractivity contribution in [3.05, 3.63) is 107 Å². The number of anilines is 3. The highest BCUT2D eigenvalue weighted by Crippen LogP contribution is 2.35. The van der Waals surface area contributed by atoms with Gasteiger partial charge in [0.2, 0.25) is 0 Å². The van der Waals surface area contributed by atoms with Crippen LogP contribution in [-0.4, -0.2) is 79.7 Å². The molecule has 1 aliphatic rings. The monoisotopic (exact) mass is 660 g/mol. The van der Waals surface area contributed by atoms with Crippen molar-refractivity contribution in [1.82, 2.24) is 29.4 Å². The van der Waals surface area contributed by atoms with Crippen LogP contribution in [0.4, 0.5) is 34.6 Å². The van der Waals surface area contributed by atoms with Crippen molar-refractivity contribution in [3.63, 3.8) is 0 Å². The number of H-pyrrole nitrogens is 1. The summed E-state index contributed by atoms with van der Waals surface area (Å²) in [6.45, 7) is 4.72. The first-order valence-corrected chi connectivity index (χ1v) is 15.2. The van der Waals surface area contributed by atoms with Crippen molar-refractivity contribution in [1.29, 1.82) is 0 Å². The van der Waals surface area contributed by atoms with Gasteiger partial charge < -0.3 is 15.7 Å². The van der Waals surface area contributed by atoms with E-state index in [1.807, 2.05) is 17.0 Å². The molecule has 4 N–H and O–H groups in total. The number of aliphatic hydroxyl groups excluding tert-OH is 1. The molecule has 0 unspecified atom stereocenters. The molecule has 0 atom stereocenters. The number of hydrogen-bond donors (Lipinski definition) is 4. The Bertz CT molecular complexity index is 1990. The molecule has 1 saturated heterocycles. The first-order chi connectivity index (χ1) is 23.1. The van der Waals surface area contributed by atoms with Gasteiger partial charge in [0.05, 0.1) is 41.5 Å². The molecule has 1 fully saturated rings. The zero-order chi connectivity index (χ0) is 33.8. The van der Waals surface area contributed by atoms with Crippen molar-refractivity contribution < 1.29 is 27.5 Å². The first-order valence-electron chi connectivity index (χ1n) is 15.2. The second-order valence-electron chi connectivity index (χ2n) is 11.4. The van der Waals surface area contributed by atoms with Crippen molar-refractivity contribution in [3.8, 4) is 11.8 Å². The number of aromatic amines is 1. The molecule has 0 spiro atoms. The topological polar surface area (TPSA) is 114 Å². The maximum Gasteiger partial charge on any atom is 0.416 e. The Morgan fingerprint density at radius 3 is 2.56 bits per heavy atom. The largest absolute Gasteiger partial charge is 0.416 e. The lowest BCUT2D eigenvalue weighted by molar-refractivity contribution is -0.138. The molecule has 1 amide bonds. The van der Waals surface area contributed by atoms with Gasteiger partial charge in [-0.25, -0.2) is 9.37 Å². The van der Waals surface area contributed by atoms with Crippen LogP contribution in [0.5, 0.6) is 0 Å². The number of piperazine rings is 1. The van der Waals surface area contributed by atoms with E-state index in [9.17, 15) is 18.0 Å². The van der Waals surface area contributed by atoms with E-state index in [0.29, 0.717) is 55.2 Å². The van der Waals surface area contributed by atoms with Crippen LogP contribution in [0.3, 0.4) is 0 Å². The molecular formula is C34H32F4N8O2. The maximum absolute atomic E-state index is 15.0. The Hall–Kier alpha value is -5.23. The molecule has 0 radical (unpaired) electrons. The normalized spacial score (nSPS) is 14.1. The number of amides is 1. The summed E-state index contributed by atoms with van der Waals surface area (Å²) in [4.78, 5) is 21.6. The van der Waals surface area contributed by atoms with Crippen LogP contribution in [0.15, 0.2) is 67.3 Å². The van der Waals surface area contributed by atoms with Crippen molar-refractivity contribution >= 4 is 28.6 Å². The fourth-order valence-corrected chi connectivity index (χ4v) is 5.60. The van der Waals surface area contributed by atoms with Crippen LogP contribution in [-0.2, 0) is 12.7 Å². The lowest BCUT2D eigenvalue weighted by atomic mass is 10.0. The van der Waals surface area contributed by atoms with Gasteiger partial charge in [-0.15, -0.1) is 0 Å². The molecule has 14 heteroatoms. The van der Waals surface area contributed by atoms with Crippen LogP contribution in [0.1, 0.15) is 38.3 Å². The summed E-state index contributed by atoms with van der Waals surface area (Å²) in [6.07, 6.45) is 2.06. The minimum absolute atomic E-state index is 0.0305. The molecule has 2 aromatic carbocycles. The van der Waals surface area contributed by atoms with Gasteiger partial charge in [-0.2, -0.15) is 18.3 Å². The number of imidazole rings is 1. The summed E-state index contributed by atoms with van der Waals surface area (Å²) in [7, 11) is 0. The Morgan fingerprint density at radius 2 is 1.83 bits per heavy atom. The number of nitrogens with one attached hydrogen (secondary N) is 3. The number of pyridine rings is 1. The number of nitrogens with zero attached hydrogens (tertiary/aromatic N) is 5. The van der Waals surface area contributed by atoms with Crippen molar-refractivity contribution in [2.24, 2.45) is 0 Å². The second-order valence-corrected chi connectivity index (χ2v) is 11.4. The highest BCUT2D eigenvalue weighted by Gasteiger charge is 2.34. The number of hydrogen-bond acceptors (Lipinski definition) is 7. The van der Waals surface area contributed by atoms with Gasteiger partial charge in [-0.05, 0) is 60.4 Å². The highest BCUT2D eigenvalue weighted by molar-refractivity contribution is 6.04. The van der Waals surface area contributed by atoms with E-state index in [2.05, 4.69) is 42.6 Å². The molecule has 0 saturated carbocycles. The molecule has 248 valence electrons. The number of aryl methyl sites for hydroxylation is 1. The Labute approximate surface area is 273 Å². The van der Waals surface area contributed by atoms with Crippen molar-refractivity contribution in [2.75, 3.05) is 50.0 Å². The number of carbonyl (C=O) groups is 1. The average molecular weight is 661 g/mol. The van der Waals surface area contributed by atoms with E-state index in [-0.39, 0.29) is 30.0 Å².